The maximum Gasteiger partial charge on any atom is 0.257 e. The fourth-order valence-electron chi connectivity index (χ4n) is 2.99. The quantitative estimate of drug-likeness (QED) is 0.759. The minimum Gasteiger partial charge on any atom is -0.328 e. The van der Waals surface area contributed by atoms with E-state index in [1.165, 1.54) is 17.1 Å². The summed E-state index contributed by atoms with van der Waals surface area (Å²) in [6.45, 7) is 1.75. The summed E-state index contributed by atoms with van der Waals surface area (Å²) in [6, 6.07) is 10.8. The molecule has 0 fully saturated rings. The second kappa shape index (κ2) is 6.40. The smallest absolute Gasteiger partial charge is 0.257 e. The Morgan fingerprint density at radius 3 is 2.77 bits per heavy atom. The molecule has 1 atom stereocenters. The van der Waals surface area contributed by atoms with Crippen molar-refractivity contribution in [2.24, 2.45) is 0 Å². The summed E-state index contributed by atoms with van der Waals surface area (Å²) in [6.07, 6.45) is 2.95. The molecule has 26 heavy (non-hydrogen) atoms. The van der Waals surface area contributed by atoms with Crippen LogP contribution in [0.15, 0.2) is 66.3 Å². The third kappa shape index (κ3) is 2.71. The maximum absolute atomic E-state index is 14.5. The van der Waals surface area contributed by atoms with E-state index in [0.29, 0.717) is 28.6 Å². The van der Waals surface area contributed by atoms with Gasteiger partial charge in [0.1, 0.15) is 24.0 Å². The Balaban J connectivity index is 1.80. The zero-order valence-corrected chi connectivity index (χ0v) is 13.8. The van der Waals surface area contributed by atoms with Gasteiger partial charge in [-0.05, 0) is 25.1 Å². The fraction of sp³-hybridized carbons (Fsp3) is 0.111. The number of fused-ring (bicyclic) bond motifs is 1. The Bertz CT molecular complexity index is 998. The van der Waals surface area contributed by atoms with Crippen LogP contribution in [0.3, 0.4) is 0 Å². The number of hydrogen-bond acceptors (Lipinski definition) is 5. The van der Waals surface area contributed by atoms with Crippen molar-refractivity contribution in [3.63, 3.8) is 0 Å². The van der Waals surface area contributed by atoms with Gasteiger partial charge in [-0.2, -0.15) is 10.1 Å². The lowest BCUT2D eigenvalue weighted by Crippen LogP contribution is -2.32. The van der Waals surface area contributed by atoms with Crippen LogP contribution in [0, 0.1) is 5.82 Å². The monoisotopic (exact) mass is 350 g/mol. The highest BCUT2D eigenvalue weighted by Crippen LogP contribution is 2.36. The minimum absolute atomic E-state index is 0.339. The van der Waals surface area contributed by atoms with Crippen molar-refractivity contribution < 1.29 is 9.18 Å². The van der Waals surface area contributed by atoms with E-state index in [4.69, 9.17) is 0 Å². The number of amides is 1. The number of hydrogen-bond donors (Lipinski definition) is 2. The Hall–Kier alpha value is -3.55. The van der Waals surface area contributed by atoms with Crippen molar-refractivity contribution >= 4 is 17.7 Å². The lowest BCUT2D eigenvalue weighted by atomic mass is 9.94. The van der Waals surface area contributed by atoms with E-state index in [1.54, 1.807) is 49.5 Å². The first-order valence-corrected chi connectivity index (χ1v) is 7.99. The summed E-state index contributed by atoms with van der Waals surface area (Å²) in [5.74, 6) is 0.0551. The predicted octanol–water partition coefficient (Wildman–Crippen LogP) is 2.74. The molecule has 3 heterocycles. The maximum atomic E-state index is 14.5. The number of aromatic nitrogens is 4. The van der Waals surface area contributed by atoms with Crippen LogP contribution in [0.25, 0.3) is 0 Å². The van der Waals surface area contributed by atoms with Crippen LogP contribution in [0.5, 0.6) is 0 Å². The van der Waals surface area contributed by atoms with Crippen LogP contribution in [-0.4, -0.2) is 25.7 Å². The van der Waals surface area contributed by atoms with Gasteiger partial charge in [-0.25, -0.2) is 14.1 Å². The summed E-state index contributed by atoms with van der Waals surface area (Å²) in [7, 11) is 0. The van der Waals surface area contributed by atoms with Gasteiger partial charge in [-0.3, -0.25) is 4.79 Å². The molecular formula is C18H15FN6O. The van der Waals surface area contributed by atoms with Gasteiger partial charge in [0.05, 0.1) is 5.57 Å². The predicted molar refractivity (Wildman–Crippen MR) is 93.8 cm³/mol. The van der Waals surface area contributed by atoms with Crippen molar-refractivity contribution in [3.05, 3.63) is 77.6 Å². The minimum atomic E-state index is -0.737. The topological polar surface area (TPSA) is 84.7 Å². The van der Waals surface area contributed by atoms with E-state index in [1.807, 2.05) is 0 Å². The molecular weight excluding hydrogens is 335 g/mol. The van der Waals surface area contributed by atoms with E-state index >= 15 is 0 Å². The molecule has 0 radical (unpaired) electrons. The molecule has 0 bridgehead atoms. The number of halogens is 1. The Kier molecular flexibility index (Phi) is 3.92. The molecule has 3 aromatic rings. The first-order chi connectivity index (χ1) is 12.6. The van der Waals surface area contributed by atoms with Crippen molar-refractivity contribution in [2.45, 2.75) is 13.0 Å². The molecule has 1 amide bonds. The molecule has 7 nitrogen and oxygen atoms in total. The molecule has 1 aromatic carbocycles. The van der Waals surface area contributed by atoms with Gasteiger partial charge in [0.15, 0.2) is 0 Å². The van der Waals surface area contributed by atoms with Gasteiger partial charge in [-0.1, -0.05) is 24.3 Å². The number of carbonyl (C=O) groups excluding carboxylic acids is 1. The standard InChI is InChI=1S/C18H15FN6O/c1-11-15(17(26)24-14-8-4-5-9-20-14)16(12-6-2-3-7-13(12)19)25-18(23-11)21-10-22-25/h2-10,16H,1H3,(H,20,24,26)(H,21,22,23)/t16-/m0/s1. The zero-order valence-electron chi connectivity index (χ0n) is 13.8. The number of pyridine rings is 1. The Morgan fingerprint density at radius 2 is 2.00 bits per heavy atom. The van der Waals surface area contributed by atoms with Crippen molar-refractivity contribution in [2.75, 3.05) is 10.6 Å². The highest BCUT2D eigenvalue weighted by molar-refractivity contribution is 6.05. The van der Waals surface area contributed by atoms with Crippen LogP contribution in [0.1, 0.15) is 18.5 Å². The number of benzene rings is 1. The molecule has 0 saturated carbocycles. The zero-order chi connectivity index (χ0) is 18.1. The summed E-state index contributed by atoms with van der Waals surface area (Å²) in [4.78, 5) is 21.2. The lowest BCUT2D eigenvalue weighted by Gasteiger charge is -2.28. The van der Waals surface area contributed by atoms with Crippen molar-refractivity contribution in [3.8, 4) is 0 Å². The summed E-state index contributed by atoms with van der Waals surface area (Å²) >= 11 is 0. The van der Waals surface area contributed by atoms with Gasteiger partial charge in [0, 0.05) is 17.5 Å². The first kappa shape index (κ1) is 15.9. The number of nitrogens with zero attached hydrogens (tertiary/aromatic N) is 4. The Morgan fingerprint density at radius 1 is 1.19 bits per heavy atom. The number of nitrogens with one attached hydrogen (secondary N) is 2. The molecule has 0 aliphatic carbocycles. The van der Waals surface area contributed by atoms with Gasteiger partial charge in [0.2, 0.25) is 5.95 Å². The fourth-order valence-corrected chi connectivity index (χ4v) is 2.99. The highest BCUT2D eigenvalue weighted by atomic mass is 19.1. The normalized spacial score (nSPS) is 16.0. The molecule has 0 spiro atoms. The second-order valence-electron chi connectivity index (χ2n) is 5.79. The molecule has 4 rings (SSSR count). The summed E-state index contributed by atoms with van der Waals surface area (Å²) in [5, 5.41) is 9.97. The van der Waals surface area contributed by atoms with E-state index in [-0.39, 0.29) is 5.91 Å². The van der Waals surface area contributed by atoms with E-state index < -0.39 is 11.9 Å². The van der Waals surface area contributed by atoms with Crippen LogP contribution in [0.2, 0.25) is 0 Å². The molecule has 2 N–H and O–H groups in total. The molecule has 8 heteroatoms. The highest BCUT2D eigenvalue weighted by Gasteiger charge is 2.34. The van der Waals surface area contributed by atoms with Crippen molar-refractivity contribution in [1.82, 2.24) is 19.7 Å². The van der Waals surface area contributed by atoms with Crippen molar-refractivity contribution in [1.29, 1.82) is 0 Å². The first-order valence-electron chi connectivity index (χ1n) is 7.99. The van der Waals surface area contributed by atoms with Crippen LogP contribution < -0.4 is 10.6 Å². The number of anilines is 2. The molecule has 2 aromatic heterocycles. The van der Waals surface area contributed by atoms with E-state index in [9.17, 15) is 9.18 Å². The summed E-state index contributed by atoms with van der Waals surface area (Å²) in [5.41, 5.74) is 1.26. The third-order valence-corrected chi connectivity index (χ3v) is 4.15. The molecule has 1 aliphatic heterocycles. The van der Waals surface area contributed by atoms with Gasteiger partial charge < -0.3 is 10.6 Å². The lowest BCUT2D eigenvalue weighted by molar-refractivity contribution is -0.113. The largest absolute Gasteiger partial charge is 0.328 e. The van der Waals surface area contributed by atoms with Crippen LogP contribution in [-0.2, 0) is 4.79 Å². The van der Waals surface area contributed by atoms with E-state index in [0.717, 1.165) is 0 Å². The average molecular weight is 350 g/mol. The second-order valence-corrected chi connectivity index (χ2v) is 5.79. The van der Waals surface area contributed by atoms with Crippen LogP contribution in [0.4, 0.5) is 16.2 Å². The van der Waals surface area contributed by atoms with E-state index in [2.05, 4.69) is 25.7 Å². The number of carbonyl (C=O) groups is 1. The molecule has 1 aliphatic rings. The third-order valence-electron chi connectivity index (χ3n) is 4.15. The number of allylic oxidation sites excluding steroid dienone is 1. The molecule has 0 unspecified atom stereocenters. The van der Waals surface area contributed by atoms with Gasteiger partial charge >= 0.3 is 0 Å². The number of rotatable bonds is 3. The van der Waals surface area contributed by atoms with Crippen LogP contribution >= 0.6 is 0 Å². The SMILES string of the molecule is CC1=C(C(=O)Nc2ccccn2)[C@H](c2ccccc2F)n2ncnc2N1. The van der Waals surface area contributed by atoms with Gasteiger partial charge in [0.25, 0.3) is 5.91 Å². The molecule has 0 saturated heterocycles. The van der Waals surface area contributed by atoms with Gasteiger partial charge in [-0.15, -0.1) is 0 Å². The summed E-state index contributed by atoms with van der Waals surface area (Å²) < 4.78 is 16.0. The average Bonchev–Trinajstić information content (AvgIpc) is 3.10. The molecule has 130 valence electrons. The Labute approximate surface area is 148 Å².